The first-order valence-corrected chi connectivity index (χ1v) is 7.01. The first kappa shape index (κ1) is 13.4. The van der Waals surface area contributed by atoms with E-state index in [-0.39, 0.29) is 6.04 Å². The predicted octanol–water partition coefficient (Wildman–Crippen LogP) is 5.58. The normalized spacial score (nSPS) is 12.2. The van der Waals surface area contributed by atoms with Gasteiger partial charge in [0.25, 0.3) is 0 Å². The molecule has 0 radical (unpaired) electrons. The van der Waals surface area contributed by atoms with Crippen LogP contribution in [-0.2, 0) is 0 Å². The first-order valence-electron chi connectivity index (χ1n) is 5.84. The maximum Gasteiger partial charge on any atom is 0.0485 e. The zero-order valence-corrected chi connectivity index (χ0v) is 12.7. The van der Waals surface area contributed by atoms with Crippen LogP contribution in [0.3, 0.4) is 0 Å². The molecular weight excluding hydrogens is 310 g/mol. The standard InChI is InChI=1S/C15H15BrClN/c1-10-9-14(17)7-8-15(10)18-11(2)12-3-5-13(16)6-4-12/h3-9,11,18H,1-2H3. The molecule has 2 aromatic rings. The summed E-state index contributed by atoms with van der Waals surface area (Å²) in [5.74, 6) is 0. The topological polar surface area (TPSA) is 12.0 Å². The van der Waals surface area contributed by atoms with Gasteiger partial charge in [-0.3, -0.25) is 0 Å². The van der Waals surface area contributed by atoms with Gasteiger partial charge in [-0.15, -0.1) is 0 Å². The SMILES string of the molecule is Cc1cc(Cl)ccc1NC(C)c1ccc(Br)cc1. The Morgan fingerprint density at radius 2 is 1.78 bits per heavy atom. The monoisotopic (exact) mass is 323 g/mol. The summed E-state index contributed by atoms with van der Waals surface area (Å²) in [7, 11) is 0. The van der Waals surface area contributed by atoms with Gasteiger partial charge < -0.3 is 5.32 Å². The predicted molar refractivity (Wildman–Crippen MR) is 82.4 cm³/mol. The van der Waals surface area contributed by atoms with E-state index in [1.54, 1.807) is 0 Å². The van der Waals surface area contributed by atoms with E-state index in [0.717, 1.165) is 20.7 Å². The zero-order chi connectivity index (χ0) is 13.1. The van der Waals surface area contributed by atoms with Crippen LogP contribution >= 0.6 is 27.5 Å². The zero-order valence-electron chi connectivity index (χ0n) is 10.4. The van der Waals surface area contributed by atoms with Crippen LogP contribution in [0.4, 0.5) is 5.69 Å². The summed E-state index contributed by atoms with van der Waals surface area (Å²) in [6.07, 6.45) is 0. The van der Waals surface area contributed by atoms with E-state index in [9.17, 15) is 0 Å². The number of benzene rings is 2. The molecule has 1 nitrogen and oxygen atoms in total. The number of rotatable bonds is 3. The van der Waals surface area contributed by atoms with Crippen molar-refractivity contribution in [1.82, 2.24) is 0 Å². The van der Waals surface area contributed by atoms with Gasteiger partial charge in [0.1, 0.15) is 0 Å². The summed E-state index contributed by atoms with van der Waals surface area (Å²) in [6, 6.07) is 14.5. The van der Waals surface area contributed by atoms with Gasteiger partial charge in [0.2, 0.25) is 0 Å². The van der Waals surface area contributed by atoms with E-state index < -0.39 is 0 Å². The number of aryl methyl sites for hydroxylation is 1. The van der Waals surface area contributed by atoms with E-state index in [4.69, 9.17) is 11.6 Å². The smallest absolute Gasteiger partial charge is 0.0485 e. The third-order valence-corrected chi connectivity index (χ3v) is 3.69. The van der Waals surface area contributed by atoms with Crippen LogP contribution in [0.1, 0.15) is 24.1 Å². The van der Waals surface area contributed by atoms with Gasteiger partial charge in [-0.05, 0) is 55.3 Å². The molecule has 94 valence electrons. The van der Waals surface area contributed by atoms with Crippen molar-refractivity contribution in [1.29, 1.82) is 0 Å². The highest BCUT2D eigenvalue weighted by atomic mass is 79.9. The fourth-order valence-electron chi connectivity index (χ4n) is 1.86. The van der Waals surface area contributed by atoms with Gasteiger partial charge >= 0.3 is 0 Å². The Morgan fingerprint density at radius 1 is 1.11 bits per heavy atom. The molecule has 0 aliphatic rings. The van der Waals surface area contributed by atoms with Crippen LogP contribution in [-0.4, -0.2) is 0 Å². The summed E-state index contributed by atoms with van der Waals surface area (Å²) in [4.78, 5) is 0. The van der Waals surface area contributed by atoms with Gasteiger partial charge in [0, 0.05) is 21.2 Å². The van der Waals surface area contributed by atoms with Crippen molar-refractivity contribution >= 4 is 33.2 Å². The molecule has 2 aromatic carbocycles. The lowest BCUT2D eigenvalue weighted by atomic mass is 10.1. The van der Waals surface area contributed by atoms with Crippen molar-refractivity contribution in [3.05, 3.63) is 63.1 Å². The second-order valence-corrected chi connectivity index (χ2v) is 5.73. The maximum atomic E-state index is 5.95. The molecule has 0 saturated heterocycles. The molecule has 1 unspecified atom stereocenters. The van der Waals surface area contributed by atoms with Crippen molar-refractivity contribution < 1.29 is 0 Å². The summed E-state index contributed by atoms with van der Waals surface area (Å²) >= 11 is 9.40. The van der Waals surface area contributed by atoms with Crippen LogP contribution < -0.4 is 5.32 Å². The molecule has 0 amide bonds. The van der Waals surface area contributed by atoms with E-state index >= 15 is 0 Å². The summed E-state index contributed by atoms with van der Waals surface area (Å²) in [5.41, 5.74) is 3.54. The number of anilines is 1. The quantitative estimate of drug-likeness (QED) is 0.776. The second-order valence-electron chi connectivity index (χ2n) is 4.38. The van der Waals surface area contributed by atoms with Crippen molar-refractivity contribution in [3.8, 4) is 0 Å². The molecule has 0 spiro atoms. The average molecular weight is 325 g/mol. The van der Waals surface area contributed by atoms with Crippen molar-refractivity contribution in [2.24, 2.45) is 0 Å². The Labute approximate surface area is 121 Å². The van der Waals surface area contributed by atoms with E-state index in [2.05, 4.69) is 59.4 Å². The number of nitrogens with one attached hydrogen (secondary N) is 1. The lowest BCUT2D eigenvalue weighted by Crippen LogP contribution is -2.07. The molecule has 0 aromatic heterocycles. The summed E-state index contributed by atoms with van der Waals surface area (Å²) in [6.45, 7) is 4.21. The highest BCUT2D eigenvalue weighted by Crippen LogP contribution is 2.25. The molecule has 0 aliphatic heterocycles. The van der Waals surface area contributed by atoms with Crippen LogP contribution in [0, 0.1) is 6.92 Å². The minimum absolute atomic E-state index is 0.262. The van der Waals surface area contributed by atoms with Gasteiger partial charge in [-0.1, -0.05) is 39.7 Å². The van der Waals surface area contributed by atoms with Crippen LogP contribution in [0.5, 0.6) is 0 Å². The summed E-state index contributed by atoms with van der Waals surface area (Å²) < 4.78 is 1.10. The lowest BCUT2D eigenvalue weighted by molar-refractivity contribution is 0.882. The molecule has 1 atom stereocenters. The fraction of sp³-hybridized carbons (Fsp3) is 0.200. The number of hydrogen-bond donors (Lipinski definition) is 1. The molecule has 2 rings (SSSR count). The fourth-order valence-corrected chi connectivity index (χ4v) is 2.35. The molecule has 18 heavy (non-hydrogen) atoms. The Balaban J connectivity index is 2.15. The third kappa shape index (κ3) is 3.27. The minimum Gasteiger partial charge on any atom is -0.378 e. The molecule has 0 saturated carbocycles. The van der Waals surface area contributed by atoms with Crippen molar-refractivity contribution in [3.63, 3.8) is 0 Å². The van der Waals surface area contributed by atoms with Crippen molar-refractivity contribution in [2.75, 3.05) is 5.32 Å². The number of halogens is 2. The molecule has 0 fully saturated rings. The average Bonchev–Trinajstić information content (AvgIpc) is 2.33. The molecule has 0 bridgehead atoms. The molecule has 0 aliphatic carbocycles. The number of hydrogen-bond acceptors (Lipinski definition) is 1. The lowest BCUT2D eigenvalue weighted by Gasteiger charge is -2.17. The largest absolute Gasteiger partial charge is 0.378 e. The van der Waals surface area contributed by atoms with E-state index in [0.29, 0.717) is 0 Å². The molecule has 3 heteroatoms. The second kappa shape index (κ2) is 5.77. The van der Waals surface area contributed by atoms with Gasteiger partial charge in [0.05, 0.1) is 0 Å². The minimum atomic E-state index is 0.262. The maximum absolute atomic E-state index is 5.95. The van der Waals surface area contributed by atoms with Gasteiger partial charge in [-0.25, -0.2) is 0 Å². The van der Waals surface area contributed by atoms with E-state index in [1.165, 1.54) is 5.56 Å². The Morgan fingerprint density at radius 3 is 2.39 bits per heavy atom. The first-order chi connectivity index (χ1) is 8.56. The van der Waals surface area contributed by atoms with Crippen LogP contribution in [0.15, 0.2) is 46.9 Å². The highest BCUT2D eigenvalue weighted by Gasteiger charge is 2.06. The van der Waals surface area contributed by atoms with E-state index in [1.807, 2.05) is 18.2 Å². The Bertz CT molecular complexity index is 537. The molecular formula is C15H15BrClN. The summed E-state index contributed by atoms with van der Waals surface area (Å²) in [5, 5.41) is 4.27. The molecule has 0 heterocycles. The Kier molecular flexibility index (Phi) is 4.31. The van der Waals surface area contributed by atoms with Gasteiger partial charge in [-0.2, -0.15) is 0 Å². The van der Waals surface area contributed by atoms with Crippen molar-refractivity contribution in [2.45, 2.75) is 19.9 Å². The Hall–Kier alpha value is -0.990. The third-order valence-electron chi connectivity index (χ3n) is 2.93. The van der Waals surface area contributed by atoms with Gasteiger partial charge in [0.15, 0.2) is 0 Å². The highest BCUT2D eigenvalue weighted by molar-refractivity contribution is 9.10. The van der Waals surface area contributed by atoms with Crippen LogP contribution in [0.25, 0.3) is 0 Å². The molecule has 1 N–H and O–H groups in total. The van der Waals surface area contributed by atoms with Crippen LogP contribution in [0.2, 0.25) is 5.02 Å².